The van der Waals surface area contributed by atoms with Crippen molar-refractivity contribution in [2.75, 3.05) is 18.5 Å². The van der Waals surface area contributed by atoms with Gasteiger partial charge in [-0.25, -0.2) is 9.78 Å². The van der Waals surface area contributed by atoms with E-state index in [1.54, 1.807) is 6.92 Å². The number of carbonyl (C=O) groups excluding carboxylic acids is 1. The Balaban J connectivity index is 2.22. The maximum Gasteiger partial charge on any atom is 0.423 e. The lowest BCUT2D eigenvalue weighted by atomic mass is 10.2. The van der Waals surface area contributed by atoms with Crippen molar-refractivity contribution in [2.24, 2.45) is 0 Å². The zero-order valence-corrected chi connectivity index (χ0v) is 14.2. The molecule has 1 aromatic heterocycles. The summed E-state index contributed by atoms with van der Waals surface area (Å²) >= 11 is 0. The number of nitrogens with zero attached hydrogens (tertiary/aromatic N) is 2. The summed E-state index contributed by atoms with van der Waals surface area (Å²) < 4.78 is 84.5. The Bertz CT molecular complexity index is 822. The van der Waals surface area contributed by atoms with Gasteiger partial charge in [0.15, 0.2) is 6.61 Å². The topological polar surface area (TPSA) is 73.3 Å². The van der Waals surface area contributed by atoms with E-state index in [0.717, 1.165) is 0 Å². The Morgan fingerprint density at radius 3 is 2.29 bits per heavy atom. The Morgan fingerprint density at radius 1 is 1.11 bits per heavy atom. The van der Waals surface area contributed by atoms with Crippen molar-refractivity contribution >= 4 is 17.6 Å². The number of halogens is 6. The van der Waals surface area contributed by atoms with Gasteiger partial charge in [-0.1, -0.05) is 0 Å². The fraction of sp³-hybridized carbons (Fsp3) is 0.312. The van der Waals surface area contributed by atoms with E-state index >= 15 is 0 Å². The van der Waals surface area contributed by atoms with E-state index in [1.165, 1.54) is 24.3 Å². The lowest BCUT2D eigenvalue weighted by Crippen LogP contribution is -2.22. The van der Waals surface area contributed by atoms with Gasteiger partial charge in [-0.3, -0.25) is 0 Å². The van der Waals surface area contributed by atoms with Crippen LogP contribution in [0.4, 0.5) is 38.0 Å². The minimum atomic E-state index is -5.00. The molecule has 2 rings (SSSR count). The molecule has 0 aliphatic heterocycles. The molecule has 1 aromatic carbocycles. The third-order valence-corrected chi connectivity index (χ3v) is 3.08. The van der Waals surface area contributed by atoms with Gasteiger partial charge in [0.2, 0.25) is 11.8 Å². The van der Waals surface area contributed by atoms with Crippen LogP contribution in [0.1, 0.15) is 22.8 Å². The monoisotopic (exact) mass is 409 g/mol. The molecular formula is C16H13F6N3O3. The van der Waals surface area contributed by atoms with Crippen LogP contribution in [0.5, 0.6) is 5.88 Å². The first-order valence-corrected chi connectivity index (χ1v) is 7.67. The molecule has 0 fully saturated rings. The number of anilines is 2. The second kappa shape index (κ2) is 8.31. The van der Waals surface area contributed by atoms with Crippen molar-refractivity contribution in [3.8, 4) is 5.88 Å². The molecule has 2 aromatic rings. The average molecular weight is 409 g/mol. The molecule has 6 nitrogen and oxygen atoms in total. The Kier molecular flexibility index (Phi) is 6.31. The van der Waals surface area contributed by atoms with Gasteiger partial charge in [0.25, 0.3) is 0 Å². The smallest absolute Gasteiger partial charge is 0.423 e. The Labute approximate surface area is 154 Å². The molecule has 0 saturated heterocycles. The SMILES string of the molecule is CCOC(=O)c1ccc(Nc2ncc(C(F)(F)F)c(OCC(F)(F)F)n2)cc1. The van der Waals surface area contributed by atoms with Gasteiger partial charge >= 0.3 is 18.3 Å². The van der Waals surface area contributed by atoms with E-state index in [-0.39, 0.29) is 17.9 Å². The van der Waals surface area contributed by atoms with Gasteiger partial charge in [0.05, 0.1) is 12.2 Å². The molecule has 0 amide bonds. The summed E-state index contributed by atoms with van der Waals surface area (Å²) in [6.45, 7) is -0.131. The molecule has 0 atom stereocenters. The fourth-order valence-electron chi connectivity index (χ4n) is 1.91. The second-order valence-corrected chi connectivity index (χ2v) is 5.24. The van der Waals surface area contributed by atoms with Gasteiger partial charge in [0.1, 0.15) is 5.56 Å². The number of alkyl halides is 6. The van der Waals surface area contributed by atoms with Crippen LogP contribution in [-0.4, -0.2) is 35.3 Å². The molecule has 28 heavy (non-hydrogen) atoms. The number of hydrogen-bond acceptors (Lipinski definition) is 6. The molecule has 1 N–H and O–H groups in total. The highest BCUT2D eigenvalue weighted by Gasteiger charge is 2.38. The van der Waals surface area contributed by atoms with E-state index in [1.807, 2.05) is 0 Å². The van der Waals surface area contributed by atoms with Gasteiger partial charge in [-0.2, -0.15) is 31.3 Å². The first kappa shape index (κ1) is 21.3. The highest BCUT2D eigenvalue weighted by atomic mass is 19.4. The van der Waals surface area contributed by atoms with E-state index in [4.69, 9.17) is 4.74 Å². The molecule has 0 unspecified atom stereocenters. The van der Waals surface area contributed by atoms with E-state index in [9.17, 15) is 31.1 Å². The van der Waals surface area contributed by atoms with Crippen LogP contribution in [0.25, 0.3) is 0 Å². The largest absolute Gasteiger partial charge is 0.467 e. The quantitative estimate of drug-likeness (QED) is 0.565. The van der Waals surface area contributed by atoms with Crippen molar-refractivity contribution in [1.82, 2.24) is 9.97 Å². The lowest BCUT2D eigenvalue weighted by molar-refractivity contribution is -0.159. The van der Waals surface area contributed by atoms with Gasteiger partial charge in [-0.05, 0) is 31.2 Å². The molecule has 1 heterocycles. The maximum atomic E-state index is 12.9. The van der Waals surface area contributed by atoms with Gasteiger partial charge in [0, 0.05) is 11.9 Å². The van der Waals surface area contributed by atoms with Crippen molar-refractivity contribution in [1.29, 1.82) is 0 Å². The number of esters is 1. The minimum absolute atomic E-state index is 0.179. The van der Waals surface area contributed by atoms with Crippen LogP contribution in [0.15, 0.2) is 30.5 Å². The molecule has 0 aliphatic rings. The van der Waals surface area contributed by atoms with Crippen molar-refractivity contribution in [2.45, 2.75) is 19.3 Å². The number of carbonyl (C=O) groups is 1. The summed E-state index contributed by atoms with van der Waals surface area (Å²) in [7, 11) is 0. The Hall–Kier alpha value is -3.05. The zero-order chi connectivity index (χ0) is 20.9. The predicted molar refractivity (Wildman–Crippen MR) is 84.3 cm³/mol. The second-order valence-electron chi connectivity index (χ2n) is 5.24. The molecule has 12 heteroatoms. The van der Waals surface area contributed by atoms with Crippen LogP contribution in [0, 0.1) is 0 Å². The number of benzene rings is 1. The average Bonchev–Trinajstić information content (AvgIpc) is 2.59. The van der Waals surface area contributed by atoms with E-state index in [0.29, 0.717) is 6.20 Å². The van der Waals surface area contributed by atoms with Gasteiger partial charge in [-0.15, -0.1) is 0 Å². The van der Waals surface area contributed by atoms with Crippen LogP contribution in [0.2, 0.25) is 0 Å². The maximum absolute atomic E-state index is 12.9. The number of ether oxygens (including phenoxy) is 2. The molecular weight excluding hydrogens is 396 g/mol. The minimum Gasteiger partial charge on any atom is -0.467 e. The number of hydrogen-bond donors (Lipinski definition) is 1. The first-order chi connectivity index (χ1) is 13.0. The number of rotatable bonds is 6. The molecule has 0 radical (unpaired) electrons. The molecule has 152 valence electrons. The van der Waals surface area contributed by atoms with Gasteiger partial charge < -0.3 is 14.8 Å². The molecule has 0 bridgehead atoms. The number of aromatic nitrogens is 2. The fourth-order valence-corrected chi connectivity index (χ4v) is 1.91. The summed E-state index contributed by atoms with van der Waals surface area (Å²) in [6, 6.07) is 5.55. The summed E-state index contributed by atoms with van der Waals surface area (Å²) in [5, 5.41) is 2.52. The predicted octanol–water partition coefficient (Wildman–Crippen LogP) is 4.36. The summed E-state index contributed by atoms with van der Waals surface area (Å²) in [5.41, 5.74) is -1.04. The van der Waals surface area contributed by atoms with Crippen molar-refractivity contribution < 1.29 is 40.6 Å². The van der Waals surface area contributed by atoms with Crippen LogP contribution in [0.3, 0.4) is 0 Å². The third kappa shape index (κ3) is 5.99. The standard InChI is InChI=1S/C16H13F6N3O3/c1-2-27-13(26)9-3-5-10(6-4-9)24-14-23-7-11(16(20,21)22)12(25-14)28-8-15(17,18)19/h3-7H,2,8H2,1H3,(H,23,24,25). The molecule has 0 aliphatic carbocycles. The normalized spacial score (nSPS) is 11.8. The Morgan fingerprint density at radius 2 is 1.75 bits per heavy atom. The highest BCUT2D eigenvalue weighted by molar-refractivity contribution is 5.89. The third-order valence-electron chi connectivity index (χ3n) is 3.08. The molecule has 0 saturated carbocycles. The highest BCUT2D eigenvalue weighted by Crippen LogP contribution is 2.36. The first-order valence-electron chi connectivity index (χ1n) is 7.67. The van der Waals surface area contributed by atoms with E-state index in [2.05, 4.69) is 20.0 Å². The van der Waals surface area contributed by atoms with Crippen LogP contribution in [-0.2, 0) is 10.9 Å². The summed E-state index contributed by atoms with van der Waals surface area (Å²) in [6.07, 6.45) is -9.53. The zero-order valence-electron chi connectivity index (χ0n) is 14.2. The lowest BCUT2D eigenvalue weighted by Gasteiger charge is -2.15. The van der Waals surface area contributed by atoms with E-state index < -0.39 is 42.3 Å². The number of nitrogens with one attached hydrogen (secondary N) is 1. The van der Waals surface area contributed by atoms with Crippen molar-refractivity contribution in [3.05, 3.63) is 41.6 Å². The molecule has 0 spiro atoms. The summed E-state index contributed by atoms with van der Waals surface area (Å²) in [5.74, 6) is -2.25. The van der Waals surface area contributed by atoms with Crippen LogP contribution >= 0.6 is 0 Å². The summed E-state index contributed by atoms with van der Waals surface area (Å²) in [4.78, 5) is 18.4. The van der Waals surface area contributed by atoms with Crippen LogP contribution < -0.4 is 10.1 Å². The van der Waals surface area contributed by atoms with Crippen molar-refractivity contribution in [3.63, 3.8) is 0 Å².